The molecule has 2 aromatic carbocycles. The third-order valence-electron chi connectivity index (χ3n) is 6.63. The summed E-state index contributed by atoms with van der Waals surface area (Å²) >= 11 is 0. The van der Waals surface area contributed by atoms with Crippen LogP contribution in [0.25, 0.3) is 0 Å². The summed E-state index contributed by atoms with van der Waals surface area (Å²) in [5, 5.41) is 7.89. The van der Waals surface area contributed by atoms with E-state index in [9.17, 15) is 4.79 Å². The Morgan fingerprint density at radius 1 is 0.649 bits per heavy atom. The fourth-order valence-electron chi connectivity index (χ4n) is 4.28. The number of hydrogen-bond donors (Lipinski definition) is 1. The first-order valence-corrected chi connectivity index (χ1v) is 14.7. The third kappa shape index (κ3) is 16.0. The van der Waals surface area contributed by atoms with E-state index in [2.05, 4.69) is 69.0 Å². The fourth-order valence-corrected chi connectivity index (χ4v) is 4.28. The summed E-state index contributed by atoms with van der Waals surface area (Å²) in [5.41, 5.74) is 2.87. The van der Waals surface area contributed by atoms with Gasteiger partial charge in [-0.15, -0.1) is 0 Å². The molecule has 0 amide bonds. The van der Waals surface area contributed by atoms with Crippen LogP contribution in [0.15, 0.2) is 60.7 Å². The monoisotopic (exact) mass is 508 g/mol. The van der Waals surface area contributed by atoms with Gasteiger partial charge in [0, 0.05) is 5.57 Å². The summed E-state index contributed by atoms with van der Waals surface area (Å²) in [5.74, 6) is 1.15. The second-order valence-electron chi connectivity index (χ2n) is 10.1. The van der Waals surface area contributed by atoms with Crippen molar-refractivity contribution >= 4 is 5.97 Å². The minimum absolute atomic E-state index is 0.176. The molecule has 0 aromatic heterocycles. The maximum absolute atomic E-state index is 9.60. The van der Waals surface area contributed by atoms with E-state index < -0.39 is 5.97 Å². The summed E-state index contributed by atoms with van der Waals surface area (Å²) in [6.07, 6.45) is 21.1. The summed E-state index contributed by atoms with van der Waals surface area (Å²) < 4.78 is 6.46. The fraction of sp³-hybridized carbons (Fsp3) is 0.559. The van der Waals surface area contributed by atoms with Crippen LogP contribution in [0.5, 0.6) is 11.5 Å². The molecular weight excluding hydrogens is 456 g/mol. The van der Waals surface area contributed by atoms with Gasteiger partial charge in [0.25, 0.3) is 0 Å². The molecular formula is C34H52O3. The molecule has 37 heavy (non-hydrogen) atoms. The van der Waals surface area contributed by atoms with Crippen LogP contribution in [0.2, 0.25) is 0 Å². The molecule has 206 valence electrons. The van der Waals surface area contributed by atoms with Crippen LogP contribution in [0.3, 0.4) is 0 Å². The second kappa shape index (κ2) is 21.5. The number of benzene rings is 2. The molecule has 0 radical (unpaired) electrons. The Kier molecular flexibility index (Phi) is 18.9. The van der Waals surface area contributed by atoms with Gasteiger partial charge < -0.3 is 9.84 Å². The van der Waals surface area contributed by atoms with E-state index in [1.54, 1.807) is 0 Å². The van der Waals surface area contributed by atoms with E-state index in [4.69, 9.17) is 9.84 Å². The van der Waals surface area contributed by atoms with Crippen molar-refractivity contribution in [3.05, 3.63) is 71.8 Å². The standard InChI is InChI=1S/C30H46O.C4H6O2/c1-3-5-7-9-11-13-15-21-27-23-17-19-25-29(27)31-30-26-20-18-24-28(30)22-16-14-12-10-8-6-4-2;1-3(2)4(5)6/h17-20,23-26H,3-16,21-22H2,1-2H3;1H2,2H3,(H,5,6). The molecule has 0 bridgehead atoms. The van der Waals surface area contributed by atoms with Crippen molar-refractivity contribution in [3.8, 4) is 11.5 Å². The zero-order valence-electron chi connectivity index (χ0n) is 23.9. The molecule has 0 saturated heterocycles. The molecule has 0 saturated carbocycles. The van der Waals surface area contributed by atoms with E-state index in [1.165, 1.54) is 108 Å². The van der Waals surface area contributed by atoms with E-state index in [0.717, 1.165) is 24.3 Å². The highest BCUT2D eigenvalue weighted by atomic mass is 16.5. The number of aliphatic carboxylic acids is 1. The highest BCUT2D eigenvalue weighted by molar-refractivity contribution is 5.84. The first-order chi connectivity index (χ1) is 18.0. The predicted octanol–water partition coefficient (Wildman–Crippen LogP) is 10.7. The average molecular weight is 509 g/mol. The smallest absolute Gasteiger partial charge is 0.330 e. The van der Waals surface area contributed by atoms with E-state index >= 15 is 0 Å². The highest BCUT2D eigenvalue weighted by Crippen LogP contribution is 2.30. The lowest BCUT2D eigenvalue weighted by Gasteiger charge is -2.14. The number of unbranched alkanes of at least 4 members (excludes halogenated alkanes) is 12. The predicted molar refractivity (Wildman–Crippen MR) is 159 cm³/mol. The summed E-state index contributed by atoms with van der Waals surface area (Å²) in [4.78, 5) is 9.60. The van der Waals surface area contributed by atoms with Crippen LogP contribution in [-0.2, 0) is 17.6 Å². The largest absolute Gasteiger partial charge is 0.478 e. The summed E-state index contributed by atoms with van der Waals surface area (Å²) in [6.45, 7) is 9.16. The zero-order chi connectivity index (χ0) is 27.1. The number of rotatable bonds is 19. The van der Waals surface area contributed by atoms with Crippen molar-refractivity contribution in [2.75, 3.05) is 0 Å². The van der Waals surface area contributed by atoms with E-state index in [-0.39, 0.29) is 5.57 Å². The maximum atomic E-state index is 9.60. The minimum Gasteiger partial charge on any atom is -0.478 e. The van der Waals surface area contributed by atoms with Crippen molar-refractivity contribution in [2.24, 2.45) is 0 Å². The molecule has 2 rings (SSSR count). The molecule has 0 aliphatic rings. The first kappa shape index (κ1) is 32.5. The lowest BCUT2D eigenvalue weighted by atomic mass is 10.0. The van der Waals surface area contributed by atoms with Gasteiger partial charge in [0.2, 0.25) is 0 Å². The van der Waals surface area contributed by atoms with Crippen molar-refractivity contribution < 1.29 is 14.6 Å². The molecule has 0 atom stereocenters. The summed E-state index contributed by atoms with van der Waals surface area (Å²) in [7, 11) is 0. The molecule has 2 aromatic rings. The normalized spacial score (nSPS) is 10.5. The number of carboxylic acid groups (broad SMARTS) is 1. The van der Waals surface area contributed by atoms with Gasteiger partial charge in [0.15, 0.2) is 0 Å². The van der Waals surface area contributed by atoms with Gasteiger partial charge in [0.1, 0.15) is 11.5 Å². The lowest BCUT2D eigenvalue weighted by Crippen LogP contribution is -1.96. The van der Waals surface area contributed by atoms with Crippen LogP contribution in [0, 0.1) is 0 Å². The number of para-hydroxylation sites is 2. The summed E-state index contributed by atoms with van der Waals surface area (Å²) in [6, 6.07) is 17.3. The topological polar surface area (TPSA) is 46.5 Å². The zero-order valence-corrected chi connectivity index (χ0v) is 23.9. The van der Waals surface area contributed by atoms with Gasteiger partial charge in [-0.1, -0.05) is 134 Å². The minimum atomic E-state index is -0.935. The van der Waals surface area contributed by atoms with Crippen LogP contribution < -0.4 is 4.74 Å². The van der Waals surface area contributed by atoms with Crippen LogP contribution in [-0.4, -0.2) is 11.1 Å². The Hall–Kier alpha value is -2.55. The van der Waals surface area contributed by atoms with E-state index in [0.29, 0.717) is 0 Å². The molecule has 0 aliphatic heterocycles. The molecule has 0 aliphatic carbocycles. The second-order valence-corrected chi connectivity index (χ2v) is 10.1. The quantitative estimate of drug-likeness (QED) is 0.152. The molecule has 0 heterocycles. The Balaban J connectivity index is 0.00000102. The molecule has 3 nitrogen and oxygen atoms in total. The van der Waals surface area contributed by atoms with Gasteiger partial charge in [-0.05, 0) is 55.9 Å². The van der Waals surface area contributed by atoms with Crippen molar-refractivity contribution in [1.29, 1.82) is 0 Å². The average Bonchev–Trinajstić information content (AvgIpc) is 2.89. The molecule has 1 N–H and O–H groups in total. The van der Waals surface area contributed by atoms with Gasteiger partial charge >= 0.3 is 5.97 Å². The SMILES string of the molecule is C=C(C)C(=O)O.CCCCCCCCCc1ccccc1Oc1ccccc1CCCCCCCCC. The number of ether oxygens (including phenoxy) is 1. The molecule has 3 heteroatoms. The Morgan fingerprint density at radius 3 is 1.32 bits per heavy atom. The van der Waals surface area contributed by atoms with Gasteiger partial charge in [-0.3, -0.25) is 0 Å². The Bertz CT molecular complexity index is 799. The number of carbonyl (C=O) groups is 1. The molecule has 0 fully saturated rings. The van der Waals surface area contributed by atoms with Crippen LogP contribution in [0.1, 0.15) is 122 Å². The van der Waals surface area contributed by atoms with Crippen molar-refractivity contribution in [1.82, 2.24) is 0 Å². The Morgan fingerprint density at radius 2 is 0.973 bits per heavy atom. The number of carboxylic acids is 1. The van der Waals surface area contributed by atoms with Gasteiger partial charge in [0.05, 0.1) is 0 Å². The lowest BCUT2D eigenvalue weighted by molar-refractivity contribution is -0.132. The van der Waals surface area contributed by atoms with Gasteiger partial charge in [-0.2, -0.15) is 0 Å². The van der Waals surface area contributed by atoms with Crippen molar-refractivity contribution in [2.45, 2.75) is 124 Å². The van der Waals surface area contributed by atoms with Gasteiger partial charge in [-0.25, -0.2) is 4.79 Å². The molecule has 0 unspecified atom stereocenters. The number of hydrogen-bond acceptors (Lipinski definition) is 2. The highest BCUT2D eigenvalue weighted by Gasteiger charge is 2.08. The molecule has 0 spiro atoms. The third-order valence-corrected chi connectivity index (χ3v) is 6.63. The first-order valence-electron chi connectivity index (χ1n) is 14.7. The Labute approximate surface area is 227 Å². The maximum Gasteiger partial charge on any atom is 0.330 e. The van der Waals surface area contributed by atoms with E-state index in [1.807, 2.05) is 0 Å². The van der Waals surface area contributed by atoms with Crippen LogP contribution in [0.4, 0.5) is 0 Å². The van der Waals surface area contributed by atoms with Crippen molar-refractivity contribution in [3.63, 3.8) is 0 Å². The number of aryl methyl sites for hydroxylation is 2. The van der Waals surface area contributed by atoms with Crippen LogP contribution >= 0.6 is 0 Å².